The molecule has 0 saturated carbocycles. The number of rotatable bonds is 5. The SMILES string of the molecule is CCC(NC(C)c1ccc(C)cc1)c1cccc(Br)c1. The fourth-order valence-corrected chi connectivity index (χ4v) is 2.84. The summed E-state index contributed by atoms with van der Waals surface area (Å²) in [5.74, 6) is 0. The summed E-state index contributed by atoms with van der Waals surface area (Å²) in [5, 5.41) is 3.73. The average molecular weight is 332 g/mol. The van der Waals surface area contributed by atoms with Crippen LogP contribution in [0.4, 0.5) is 0 Å². The van der Waals surface area contributed by atoms with E-state index in [1.807, 2.05) is 0 Å². The molecule has 0 fully saturated rings. The standard InChI is InChI=1S/C18H22BrN/c1-4-18(16-6-5-7-17(19)12-16)20-14(3)15-10-8-13(2)9-11-15/h5-12,14,18,20H,4H2,1-3H3. The maximum Gasteiger partial charge on any atom is 0.0323 e. The van der Waals surface area contributed by atoms with E-state index in [-0.39, 0.29) is 0 Å². The van der Waals surface area contributed by atoms with Crippen LogP contribution in [-0.4, -0.2) is 0 Å². The summed E-state index contributed by atoms with van der Waals surface area (Å²) in [6.07, 6.45) is 1.08. The summed E-state index contributed by atoms with van der Waals surface area (Å²) in [5.41, 5.74) is 3.98. The van der Waals surface area contributed by atoms with E-state index in [0.717, 1.165) is 10.9 Å². The number of hydrogen-bond donors (Lipinski definition) is 1. The number of benzene rings is 2. The zero-order valence-corrected chi connectivity index (χ0v) is 13.9. The molecule has 0 radical (unpaired) electrons. The summed E-state index contributed by atoms with van der Waals surface area (Å²) in [6, 6.07) is 18.0. The molecule has 0 aliphatic rings. The van der Waals surface area contributed by atoms with E-state index >= 15 is 0 Å². The van der Waals surface area contributed by atoms with E-state index < -0.39 is 0 Å². The van der Waals surface area contributed by atoms with Crippen molar-refractivity contribution in [3.05, 3.63) is 69.7 Å². The van der Waals surface area contributed by atoms with Crippen LogP contribution < -0.4 is 5.32 Å². The van der Waals surface area contributed by atoms with Crippen molar-refractivity contribution >= 4 is 15.9 Å². The van der Waals surface area contributed by atoms with Crippen molar-refractivity contribution in [2.45, 2.75) is 39.3 Å². The molecule has 2 rings (SSSR count). The lowest BCUT2D eigenvalue weighted by Crippen LogP contribution is -2.24. The third-order valence-electron chi connectivity index (χ3n) is 3.69. The lowest BCUT2D eigenvalue weighted by atomic mass is 10.0. The summed E-state index contributed by atoms with van der Waals surface area (Å²) < 4.78 is 1.14. The predicted octanol–water partition coefficient (Wildman–Crippen LogP) is 5.56. The van der Waals surface area contributed by atoms with Gasteiger partial charge < -0.3 is 5.32 Å². The van der Waals surface area contributed by atoms with Crippen LogP contribution in [0.3, 0.4) is 0 Å². The Morgan fingerprint density at radius 3 is 2.35 bits per heavy atom. The van der Waals surface area contributed by atoms with Gasteiger partial charge in [0.15, 0.2) is 0 Å². The molecule has 106 valence electrons. The molecule has 2 unspecified atom stereocenters. The summed E-state index contributed by atoms with van der Waals surface area (Å²) >= 11 is 3.55. The number of halogens is 1. The van der Waals surface area contributed by atoms with Crippen molar-refractivity contribution < 1.29 is 0 Å². The molecule has 2 aromatic rings. The van der Waals surface area contributed by atoms with E-state index in [1.165, 1.54) is 16.7 Å². The lowest BCUT2D eigenvalue weighted by molar-refractivity contribution is 0.456. The zero-order chi connectivity index (χ0) is 14.5. The van der Waals surface area contributed by atoms with Gasteiger partial charge >= 0.3 is 0 Å². The Labute approximate surface area is 130 Å². The number of aryl methyl sites for hydroxylation is 1. The molecule has 1 nitrogen and oxygen atoms in total. The first-order valence-corrected chi connectivity index (χ1v) is 7.97. The first kappa shape index (κ1) is 15.3. The van der Waals surface area contributed by atoms with Crippen molar-refractivity contribution in [1.82, 2.24) is 5.32 Å². The Bertz CT molecular complexity index is 548. The van der Waals surface area contributed by atoms with Gasteiger partial charge in [0.1, 0.15) is 0 Å². The van der Waals surface area contributed by atoms with Crippen molar-refractivity contribution in [3.8, 4) is 0 Å². The summed E-state index contributed by atoms with van der Waals surface area (Å²) in [7, 11) is 0. The second-order valence-electron chi connectivity index (χ2n) is 5.31. The van der Waals surface area contributed by atoms with E-state index in [9.17, 15) is 0 Å². The molecule has 0 aliphatic heterocycles. The van der Waals surface area contributed by atoms with Crippen LogP contribution in [0.2, 0.25) is 0 Å². The third kappa shape index (κ3) is 3.94. The van der Waals surface area contributed by atoms with Gasteiger partial charge in [-0.3, -0.25) is 0 Å². The Balaban J connectivity index is 2.11. The molecular weight excluding hydrogens is 310 g/mol. The van der Waals surface area contributed by atoms with Crippen LogP contribution in [0.1, 0.15) is 49.0 Å². The van der Waals surface area contributed by atoms with Gasteiger partial charge in [-0.15, -0.1) is 0 Å². The molecule has 0 amide bonds. The van der Waals surface area contributed by atoms with Crippen LogP contribution in [0.15, 0.2) is 53.0 Å². The third-order valence-corrected chi connectivity index (χ3v) is 4.18. The minimum Gasteiger partial charge on any atom is -0.303 e. The molecule has 2 heteroatoms. The highest BCUT2D eigenvalue weighted by molar-refractivity contribution is 9.10. The maximum atomic E-state index is 3.73. The van der Waals surface area contributed by atoms with Gasteiger partial charge in [-0.25, -0.2) is 0 Å². The Kier molecular flexibility index (Phi) is 5.38. The molecule has 1 N–H and O–H groups in total. The van der Waals surface area contributed by atoms with Gasteiger partial charge in [0.2, 0.25) is 0 Å². The van der Waals surface area contributed by atoms with Crippen LogP contribution in [-0.2, 0) is 0 Å². The van der Waals surface area contributed by atoms with Gasteiger partial charge in [-0.05, 0) is 43.5 Å². The number of nitrogens with one attached hydrogen (secondary N) is 1. The molecule has 20 heavy (non-hydrogen) atoms. The van der Waals surface area contributed by atoms with E-state index in [2.05, 4.69) is 90.5 Å². The van der Waals surface area contributed by atoms with E-state index in [4.69, 9.17) is 0 Å². The van der Waals surface area contributed by atoms with Crippen LogP contribution in [0.5, 0.6) is 0 Å². The van der Waals surface area contributed by atoms with Gasteiger partial charge in [-0.2, -0.15) is 0 Å². The summed E-state index contributed by atoms with van der Waals surface area (Å²) in [6.45, 7) is 6.57. The van der Waals surface area contributed by atoms with Gasteiger partial charge in [0.05, 0.1) is 0 Å². The van der Waals surface area contributed by atoms with E-state index in [0.29, 0.717) is 12.1 Å². The summed E-state index contributed by atoms with van der Waals surface area (Å²) in [4.78, 5) is 0. The van der Waals surface area contributed by atoms with Crippen molar-refractivity contribution in [2.24, 2.45) is 0 Å². The monoisotopic (exact) mass is 331 g/mol. The second-order valence-corrected chi connectivity index (χ2v) is 6.23. The Hall–Kier alpha value is -1.12. The first-order valence-electron chi connectivity index (χ1n) is 7.18. The highest BCUT2D eigenvalue weighted by Gasteiger charge is 2.13. The van der Waals surface area contributed by atoms with Crippen molar-refractivity contribution in [3.63, 3.8) is 0 Å². The molecular formula is C18H22BrN. The Morgan fingerprint density at radius 1 is 1.05 bits per heavy atom. The minimum atomic E-state index is 0.347. The molecule has 0 bridgehead atoms. The molecule has 0 aromatic heterocycles. The fourth-order valence-electron chi connectivity index (χ4n) is 2.43. The van der Waals surface area contributed by atoms with Gasteiger partial charge in [0.25, 0.3) is 0 Å². The first-order chi connectivity index (χ1) is 9.60. The molecule has 0 aliphatic carbocycles. The fraction of sp³-hybridized carbons (Fsp3) is 0.333. The molecule has 2 aromatic carbocycles. The molecule has 2 atom stereocenters. The topological polar surface area (TPSA) is 12.0 Å². The van der Waals surface area contributed by atoms with Crippen molar-refractivity contribution in [1.29, 1.82) is 0 Å². The lowest BCUT2D eigenvalue weighted by Gasteiger charge is -2.23. The zero-order valence-electron chi connectivity index (χ0n) is 12.4. The highest BCUT2D eigenvalue weighted by atomic mass is 79.9. The molecule has 0 saturated heterocycles. The number of hydrogen-bond acceptors (Lipinski definition) is 1. The van der Waals surface area contributed by atoms with Gasteiger partial charge in [-0.1, -0.05) is 64.8 Å². The smallest absolute Gasteiger partial charge is 0.0323 e. The van der Waals surface area contributed by atoms with Crippen LogP contribution in [0, 0.1) is 6.92 Å². The van der Waals surface area contributed by atoms with Gasteiger partial charge in [0, 0.05) is 16.6 Å². The predicted molar refractivity (Wildman–Crippen MR) is 89.9 cm³/mol. The normalized spacial score (nSPS) is 14.0. The highest BCUT2D eigenvalue weighted by Crippen LogP contribution is 2.24. The quantitative estimate of drug-likeness (QED) is 0.756. The molecule has 0 spiro atoms. The average Bonchev–Trinajstić information content (AvgIpc) is 2.45. The minimum absolute atomic E-state index is 0.347. The Morgan fingerprint density at radius 2 is 1.75 bits per heavy atom. The molecule has 0 heterocycles. The van der Waals surface area contributed by atoms with Crippen LogP contribution >= 0.6 is 15.9 Å². The van der Waals surface area contributed by atoms with E-state index in [1.54, 1.807) is 0 Å². The van der Waals surface area contributed by atoms with Crippen molar-refractivity contribution in [2.75, 3.05) is 0 Å². The largest absolute Gasteiger partial charge is 0.303 e. The maximum absolute atomic E-state index is 3.73. The van der Waals surface area contributed by atoms with Crippen LogP contribution in [0.25, 0.3) is 0 Å². The second kappa shape index (κ2) is 7.05.